The van der Waals surface area contributed by atoms with Crippen LogP contribution in [0.4, 0.5) is 5.69 Å². The minimum atomic E-state index is 0.148. The van der Waals surface area contributed by atoms with Gasteiger partial charge >= 0.3 is 0 Å². The molecule has 0 heterocycles. The fraction of sp³-hybridized carbons (Fsp3) is 0.273. The van der Waals surface area contributed by atoms with Crippen molar-refractivity contribution in [1.82, 2.24) is 0 Å². The van der Waals surface area contributed by atoms with E-state index in [1.807, 2.05) is 30.3 Å². The molecule has 0 bridgehead atoms. The molecule has 0 amide bonds. The molecule has 2 nitrogen and oxygen atoms in total. The third kappa shape index (κ3) is 3.52. The summed E-state index contributed by atoms with van der Waals surface area (Å²) in [5, 5.41) is 8.92. The van der Waals surface area contributed by atoms with Crippen LogP contribution in [0.15, 0.2) is 41.4 Å². The number of rotatable bonds is 5. The van der Waals surface area contributed by atoms with E-state index < -0.39 is 0 Å². The molecule has 1 rings (SSSR count). The van der Waals surface area contributed by atoms with Gasteiger partial charge in [-0.3, -0.25) is 0 Å². The zero-order chi connectivity index (χ0) is 10.4. The minimum Gasteiger partial charge on any atom is -0.395 e. The van der Waals surface area contributed by atoms with Crippen LogP contribution in [-0.4, -0.2) is 24.8 Å². The van der Waals surface area contributed by atoms with Gasteiger partial charge < -0.3 is 10.0 Å². The van der Waals surface area contributed by atoms with Crippen LogP contribution in [0.1, 0.15) is 0 Å². The monoisotopic (exact) mass is 255 g/mol. The predicted octanol–water partition coefficient (Wildman–Crippen LogP) is 2.39. The SMILES string of the molecule is C=C(Br)CN(CCO)c1ccccc1. The van der Waals surface area contributed by atoms with Gasteiger partial charge in [0.05, 0.1) is 6.61 Å². The molecule has 0 aliphatic heterocycles. The Kier molecular flexibility index (Phi) is 4.70. The van der Waals surface area contributed by atoms with Gasteiger partial charge in [-0.1, -0.05) is 40.7 Å². The number of aliphatic hydroxyl groups is 1. The van der Waals surface area contributed by atoms with Crippen molar-refractivity contribution >= 4 is 21.6 Å². The highest BCUT2D eigenvalue weighted by Crippen LogP contribution is 2.15. The molecule has 0 saturated heterocycles. The highest BCUT2D eigenvalue weighted by Gasteiger charge is 2.04. The standard InChI is InChI=1S/C11H14BrNO/c1-10(12)9-13(7-8-14)11-5-3-2-4-6-11/h2-6,14H,1,7-9H2. The molecular formula is C11H14BrNO. The fourth-order valence-corrected chi connectivity index (χ4v) is 1.57. The third-order valence-electron chi connectivity index (χ3n) is 1.85. The number of halogens is 1. The van der Waals surface area contributed by atoms with Crippen LogP contribution in [0.25, 0.3) is 0 Å². The maximum absolute atomic E-state index is 8.92. The number of aliphatic hydroxyl groups excluding tert-OH is 1. The Morgan fingerprint density at radius 3 is 2.50 bits per heavy atom. The summed E-state index contributed by atoms with van der Waals surface area (Å²) in [6, 6.07) is 9.98. The van der Waals surface area contributed by atoms with Gasteiger partial charge in [-0.05, 0) is 12.1 Å². The number of hydrogen-bond acceptors (Lipinski definition) is 2. The van der Waals surface area contributed by atoms with E-state index in [4.69, 9.17) is 5.11 Å². The predicted molar refractivity (Wildman–Crippen MR) is 63.8 cm³/mol. The number of para-hydroxylation sites is 1. The Morgan fingerprint density at radius 1 is 1.36 bits per heavy atom. The van der Waals surface area contributed by atoms with E-state index in [0.717, 1.165) is 10.2 Å². The van der Waals surface area contributed by atoms with Crippen molar-refractivity contribution < 1.29 is 5.11 Å². The molecule has 1 aromatic carbocycles. The van der Waals surface area contributed by atoms with Crippen LogP contribution < -0.4 is 4.90 Å². The van der Waals surface area contributed by atoms with E-state index >= 15 is 0 Å². The van der Waals surface area contributed by atoms with Gasteiger partial charge in [0.15, 0.2) is 0 Å². The lowest BCUT2D eigenvalue weighted by atomic mass is 10.3. The number of anilines is 1. The first-order valence-corrected chi connectivity index (χ1v) is 5.27. The van der Waals surface area contributed by atoms with Crippen molar-refractivity contribution in [3.05, 3.63) is 41.4 Å². The summed E-state index contributed by atoms with van der Waals surface area (Å²) in [5.41, 5.74) is 1.10. The van der Waals surface area contributed by atoms with Gasteiger partial charge in [-0.2, -0.15) is 0 Å². The minimum absolute atomic E-state index is 0.148. The van der Waals surface area contributed by atoms with Gasteiger partial charge in [0, 0.05) is 23.3 Å². The Bertz CT molecular complexity index is 287. The first-order chi connectivity index (χ1) is 6.74. The van der Waals surface area contributed by atoms with E-state index in [-0.39, 0.29) is 6.61 Å². The zero-order valence-electron chi connectivity index (χ0n) is 7.99. The van der Waals surface area contributed by atoms with Crippen LogP contribution in [0, 0.1) is 0 Å². The Labute approximate surface area is 93.0 Å². The van der Waals surface area contributed by atoms with Crippen molar-refractivity contribution in [2.24, 2.45) is 0 Å². The molecule has 0 fully saturated rings. The summed E-state index contributed by atoms with van der Waals surface area (Å²) in [6.45, 7) is 5.28. The van der Waals surface area contributed by atoms with Gasteiger partial charge in [0.25, 0.3) is 0 Å². The normalized spacial score (nSPS) is 9.86. The maximum Gasteiger partial charge on any atom is 0.0606 e. The molecule has 0 aromatic heterocycles. The van der Waals surface area contributed by atoms with E-state index in [0.29, 0.717) is 13.1 Å². The van der Waals surface area contributed by atoms with Crippen LogP contribution in [0.2, 0.25) is 0 Å². The van der Waals surface area contributed by atoms with Gasteiger partial charge in [-0.25, -0.2) is 0 Å². The fourth-order valence-electron chi connectivity index (χ4n) is 1.27. The summed E-state index contributed by atoms with van der Waals surface area (Å²) in [6.07, 6.45) is 0. The van der Waals surface area contributed by atoms with Gasteiger partial charge in [0.1, 0.15) is 0 Å². The van der Waals surface area contributed by atoms with Crippen molar-refractivity contribution in [1.29, 1.82) is 0 Å². The Balaban J connectivity index is 2.72. The smallest absolute Gasteiger partial charge is 0.0606 e. The lowest BCUT2D eigenvalue weighted by Crippen LogP contribution is -2.27. The second kappa shape index (κ2) is 5.83. The zero-order valence-corrected chi connectivity index (χ0v) is 9.57. The lowest BCUT2D eigenvalue weighted by Gasteiger charge is -2.23. The third-order valence-corrected chi connectivity index (χ3v) is 2.10. The van der Waals surface area contributed by atoms with E-state index in [1.165, 1.54) is 0 Å². The highest BCUT2D eigenvalue weighted by molar-refractivity contribution is 9.11. The summed E-state index contributed by atoms with van der Waals surface area (Å²) >= 11 is 3.32. The Morgan fingerprint density at radius 2 is 2.00 bits per heavy atom. The average molecular weight is 256 g/mol. The topological polar surface area (TPSA) is 23.5 Å². The summed E-state index contributed by atoms with van der Waals surface area (Å²) < 4.78 is 0.912. The van der Waals surface area contributed by atoms with Crippen LogP contribution in [-0.2, 0) is 0 Å². The number of hydrogen-bond donors (Lipinski definition) is 1. The quantitative estimate of drug-likeness (QED) is 0.874. The summed E-state index contributed by atoms with van der Waals surface area (Å²) in [5.74, 6) is 0. The highest BCUT2D eigenvalue weighted by atomic mass is 79.9. The average Bonchev–Trinajstić information content (AvgIpc) is 2.18. The molecule has 1 N–H and O–H groups in total. The summed E-state index contributed by atoms with van der Waals surface area (Å²) in [4.78, 5) is 2.07. The van der Waals surface area contributed by atoms with Gasteiger partial charge in [0.2, 0.25) is 0 Å². The lowest BCUT2D eigenvalue weighted by molar-refractivity contribution is 0.303. The van der Waals surface area contributed by atoms with E-state index in [9.17, 15) is 0 Å². The molecule has 76 valence electrons. The molecule has 0 spiro atoms. The first-order valence-electron chi connectivity index (χ1n) is 4.48. The van der Waals surface area contributed by atoms with E-state index in [1.54, 1.807) is 0 Å². The molecule has 0 unspecified atom stereocenters. The van der Waals surface area contributed by atoms with Crippen molar-refractivity contribution in [2.75, 3.05) is 24.6 Å². The van der Waals surface area contributed by atoms with Crippen molar-refractivity contribution in [3.8, 4) is 0 Å². The molecule has 0 aliphatic rings. The van der Waals surface area contributed by atoms with E-state index in [2.05, 4.69) is 27.4 Å². The number of benzene rings is 1. The molecule has 1 aromatic rings. The first kappa shape index (κ1) is 11.3. The second-order valence-electron chi connectivity index (χ2n) is 3.00. The van der Waals surface area contributed by atoms with Crippen LogP contribution >= 0.6 is 15.9 Å². The van der Waals surface area contributed by atoms with Crippen LogP contribution in [0.3, 0.4) is 0 Å². The molecule has 0 saturated carbocycles. The maximum atomic E-state index is 8.92. The molecule has 3 heteroatoms. The second-order valence-corrected chi connectivity index (χ2v) is 4.12. The summed E-state index contributed by atoms with van der Waals surface area (Å²) in [7, 11) is 0. The van der Waals surface area contributed by atoms with Crippen LogP contribution in [0.5, 0.6) is 0 Å². The van der Waals surface area contributed by atoms with Crippen molar-refractivity contribution in [2.45, 2.75) is 0 Å². The van der Waals surface area contributed by atoms with Crippen molar-refractivity contribution in [3.63, 3.8) is 0 Å². The number of nitrogens with zero attached hydrogens (tertiary/aromatic N) is 1. The van der Waals surface area contributed by atoms with Gasteiger partial charge in [-0.15, -0.1) is 0 Å². The molecule has 14 heavy (non-hydrogen) atoms. The molecule has 0 radical (unpaired) electrons. The molecular weight excluding hydrogens is 242 g/mol. The Hall–Kier alpha value is -0.800. The molecule has 0 aliphatic carbocycles. The molecule has 0 atom stereocenters. The largest absolute Gasteiger partial charge is 0.395 e.